The molecule has 0 amide bonds. The van der Waals surface area contributed by atoms with Crippen molar-refractivity contribution in [2.24, 2.45) is 0 Å². The third-order valence-corrected chi connectivity index (χ3v) is 7.73. The first-order valence-corrected chi connectivity index (χ1v) is 11.5. The summed E-state index contributed by atoms with van der Waals surface area (Å²) in [7, 11) is -2.97. The first-order valence-electron chi connectivity index (χ1n) is 8.68. The van der Waals surface area contributed by atoms with Gasteiger partial charge in [0.1, 0.15) is 0 Å². The minimum absolute atomic E-state index is 0.0144. The van der Waals surface area contributed by atoms with Crippen LogP contribution in [-0.2, 0) is 9.84 Å². The van der Waals surface area contributed by atoms with Crippen LogP contribution in [0.25, 0.3) is 0 Å². The van der Waals surface area contributed by atoms with E-state index in [0.717, 1.165) is 24.2 Å². The summed E-state index contributed by atoms with van der Waals surface area (Å²) in [6.07, 6.45) is 2.77. The van der Waals surface area contributed by atoms with Crippen molar-refractivity contribution >= 4 is 27.4 Å². The molecular weight excluding hydrogens is 374 g/mol. The summed E-state index contributed by atoms with van der Waals surface area (Å²) < 4.78 is 27.4. The number of hydrogen-bond donors (Lipinski definition) is 0. The Bertz CT molecular complexity index is 959. The van der Waals surface area contributed by atoms with E-state index in [9.17, 15) is 13.2 Å². The molecule has 3 heterocycles. The maximum absolute atomic E-state index is 12.7. The van der Waals surface area contributed by atoms with E-state index in [-0.39, 0.29) is 29.1 Å². The average molecular weight is 396 g/mol. The molecule has 1 atom stereocenters. The standard InChI is InChI=1S/C16H21N5O3S2/c1-10-7-14(11(2)20(10)13-5-6-26(23,24)9-13)15(22)8-25-16-17-18-19-21(16)12-3-4-12/h7,12-13H,3-6,8-9H2,1-2H3/t13-/m1/s1. The molecule has 1 saturated heterocycles. The van der Waals surface area contributed by atoms with Crippen LogP contribution in [0.1, 0.15) is 53.1 Å². The molecule has 1 saturated carbocycles. The molecule has 0 unspecified atom stereocenters. The summed E-state index contributed by atoms with van der Waals surface area (Å²) in [6, 6.07) is 2.17. The maximum atomic E-state index is 12.7. The Kier molecular flexibility index (Phi) is 4.42. The summed E-state index contributed by atoms with van der Waals surface area (Å²) in [4.78, 5) is 12.7. The Balaban J connectivity index is 1.50. The molecule has 0 N–H and O–H groups in total. The smallest absolute Gasteiger partial charge is 0.210 e. The Morgan fingerprint density at radius 3 is 2.69 bits per heavy atom. The Morgan fingerprint density at radius 1 is 1.27 bits per heavy atom. The highest BCUT2D eigenvalue weighted by Crippen LogP contribution is 2.36. The van der Waals surface area contributed by atoms with Gasteiger partial charge in [-0.15, -0.1) is 5.10 Å². The largest absolute Gasteiger partial charge is 0.344 e. The predicted octanol–water partition coefficient (Wildman–Crippen LogP) is 1.76. The average Bonchev–Trinajstić information content (AvgIpc) is 3.10. The first-order chi connectivity index (χ1) is 12.4. The van der Waals surface area contributed by atoms with Crippen LogP contribution in [0.4, 0.5) is 0 Å². The Labute approximate surface area is 156 Å². The van der Waals surface area contributed by atoms with E-state index in [4.69, 9.17) is 0 Å². The maximum Gasteiger partial charge on any atom is 0.210 e. The molecule has 8 nitrogen and oxygen atoms in total. The number of carbonyl (C=O) groups is 1. The van der Waals surface area contributed by atoms with Gasteiger partial charge in [0.15, 0.2) is 15.6 Å². The van der Waals surface area contributed by atoms with Gasteiger partial charge in [-0.1, -0.05) is 11.8 Å². The number of tetrazole rings is 1. The number of Topliss-reactive ketones (excluding diaryl/α,β-unsaturated/α-hetero) is 1. The van der Waals surface area contributed by atoms with Gasteiger partial charge >= 0.3 is 0 Å². The number of carbonyl (C=O) groups excluding carboxylic acids is 1. The van der Waals surface area contributed by atoms with E-state index in [1.165, 1.54) is 11.8 Å². The molecule has 1 aliphatic heterocycles. The zero-order chi connectivity index (χ0) is 18.5. The molecule has 10 heteroatoms. The van der Waals surface area contributed by atoms with Gasteiger partial charge in [-0.2, -0.15) is 0 Å². The monoisotopic (exact) mass is 395 g/mol. The van der Waals surface area contributed by atoms with E-state index in [2.05, 4.69) is 15.5 Å². The second-order valence-electron chi connectivity index (χ2n) is 7.06. The Morgan fingerprint density at radius 2 is 2.04 bits per heavy atom. The fourth-order valence-electron chi connectivity index (χ4n) is 3.64. The van der Waals surface area contributed by atoms with Crippen molar-refractivity contribution in [2.45, 2.75) is 50.4 Å². The fourth-order valence-corrected chi connectivity index (χ4v) is 6.16. The van der Waals surface area contributed by atoms with Gasteiger partial charge < -0.3 is 4.57 Å². The molecule has 1 aliphatic carbocycles. The highest BCUT2D eigenvalue weighted by atomic mass is 32.2. The highest BCUT2D eigenvalue weighted by Gasteiger charge is 2.32. The number of hydrogen-bond acceptors (Lipinski definition) is 7. The number of aryl methyl sites for hydroxylation is 1. The lowest BCUT2D eigenvalue weighted by molar-refractivity contribution is 0.102. The lowest BCUT2D eigenvalue weighted by Crippen LogP contribution is -2.14. The number of ketones is 1. The molecule has 2 aromatic rings. The summed E-state index contributed by atoms with van der Waals surface area (Å²) in [5, 5.41) is 12.4. The van der Waals surface area contributed by atoms with Crippen LogP contribution in [0, 0.1) is 13.8 Å². The molecule has 26 heavy (non-hydrogen) atoms. The first kappa shape index (κ1) is 17.7. The van der Waals surface area contributed by atoms with E-state index in [0.29, 0.717) is 23.2 Å². The van der Waals surface area contributed by atoms with Crippen LogP contribution in [0.5, 0.6) is 0 Å². The Hall–Kier alpha value is -1.68. The quantitative estimate of drug-likeness (QED) is 0.543. The van der Waals surface area contributed by atoms with Crippen LogP contribution in [-0.4, -0.2) is 56.2 Å². The highest BCUT2D eigenvalue weighted by molar-refractivity contribution is 7.99. The van der Waals surface area contributed by atoms with Crippen molar-refractivity contribution in [1.82, 2.24) is 24.8 Å². The summed E-state index contributed by atoms with van der Waals surface area (Å²) in [5.74, 6) is 0.653. The van der Waals surface area contributed by atoms with Gasteiger partial charge in [-0.25, -0.2) is 13.1 Å². The van der Waals surface area contributed by atoms with Crippen molar-refractivity contribution in [3.63, 3.8) is 0 Å². The third kappa shape index (κ3) is 3.32. The van der Waals surface area contributed by atoms with Gasteiger partial charge in [0.2, 0.25) is 5.16 Å². The molecule has 0 bridgehead atoms. The summed E-state index contributed by atoms with van der Waals surface area (Å²) >= 11 is 1.35. The second-order valence-corrected chi connectivity index (χ2v) is 10.2. The number of nitrogens with zero attached hydrogens (tertiary/aromatic N) is 5. The van der Waals surface area contributed by atoms with Crippen molar-refractivity contribution in [2.75, 3.05) is 17.3 Å². The minimum atomic E-state index is -2.97. The lowest BCUT2D eigenvalue weighted by atomic mass is 10.2. The van der Waals surface area contributed by atoms with Crippen molar-refractivity contribution in [3.05, 3.63) is 23.0 Å². The van der Waals surface area contributed by atoms with E-state index >= 15 is 0 Å². The molecule has 0 aromatic carbocycles. The summed E-state index contributed by atoms with van der Waals surface area (Å²) in [5.41, 5.74) is 2.43. The molecular formula is C16H21N5O3S2. The lowest BCUT2D eigenvalue weighted by Gasteiger charge is -2.16. The number of sulfone groups is 1. The molecule has 4 rings (SSSR count). The number of rotatable bonds is 6. The molecule has 2 aliphatic rings. The third-order valence-electron chi connectivity index (χ3n) is 5.05. The van der Waals surface area contributed by atoms with Crippen LogP contribution >= 0.6 is 11.8 Å². The van der Waals surface area contributed by atoms with Crippen LogP contribution < -0.4 is 0 Å². The normalized spacial score (nSPS) is 22.0. The van der Waals surface area contributed by atoms with Crippen molar-refractivity contribution < 1.29 is 13.2 Å². The minimum Gasteiger partial charge on any atom is -0.344 e. The summed E-state index contributed by atoms with van der Waals surface area (Å²) in [6.45, 7) is 3.82. The van der Waals surface area contributed by atoms with E-state index < -0.39 is 9.84 Å². The van der Waals surface area contributed by atoms with Gasteiger partial charge in [0.05, 0.1) is 23.3 Å². The molecule has 0 radical (unpaired) electrons. The van der Waals surface area contributed by atoms with E-state index in [1.807, 2.05) is 24.5 Å². The zero-order valence-corrected chi connectivity index (χ0v) is 16.4. The molecule has 2 fully saturated rings. The SMILES string of the molecule is Cc1cc(C(=O)CSc2nnnn2C2CC2)c(C)n1[C@@H]1CCS(=O)(=O)C1. The number of thioether (sulfide) groups is 1. The fraction of sp³-hybridized carbons (Fsp3) is 0.625. The molecule has 140 valence electrons. The number of aromatic nitrogens is 5. The van der Waals surface area contributed by atoms with Crippen molar-refractivity contribution in [1.29, 1.82) is 0 Å². The van der Waals surface area contributed by atoms with Gasteiger partial charge in [0.25, 0.3) is 0 Å². The topological polar surface area (TPSA) is 99.7 Å². The predicted molar refractivity (Wildman–Crippen MR) is 97.4 cm³/mol. The molecule has 2 aromatic heterocycles. The van der Waals surface area contributed by atoms with Gasteiger partial charge in [-0.3, -0.25) is 4.79 Å². The van der Waals surface area contributed by atoms with E-state index in [1.54, 1.807) is 4.68 Å². The van der Waals surface area contributed by atoms with Gasteiger partial charge in [0, 0.05) is 23.0 Å². The van der Waals surface area contributed by atoms with Crippen LogP contribution in [0.15, 0.2) is 11.2 Å². The molecule has 0 spiro atoms. The van der Waals surface area contributed by atoms with Gasteiger partial charge in [-0.05, 0) is 49.6 Å². The zero-order valence-electron chi connectivity index (χ0n) is 14.8. The van der Waals surface area contributed by atoms with Crippen molar-refractivity contribution in [3.8, 4) is 0 Å². The van der Waals surface area contributed by atoms with Crippen LogP contribution in [0.2, 0.25) is 0 Å². The van der Waals surface area contributed by atoms with Crippen LogP contribution in [0.3, 0.4) is 0 Å². The second kappa shape index (κ2) is 6.49.